The summed E-state index contributed by atoms with van der Waals surface area (Å²) in [4.78, 5) is 24.2. The van der Waals surface area contributed by atoms with Crippen LogP contribution in [0.5, 0.6) is 5.75 Å². The van der Waals surface area contributed by atoms with Gasteiger partial charge in [0, 0.05) is 12.1 Å². The summed E-state index contributed by atoms with van der Waals surface area (Å²) < 4.78 is 24.4. The average Bonchev–Trinajstić information content (AvgIpc) is 2.69. The molecule has 0 aliphatic rings. The van der Waals surface area contributed by atoms with Gasteiger partial charge in [-0.1, -0.05) is 37.3 Å². The number of nitrogens with one attached hydrogen (secondary N) is 2. The Bertz CT molecular complexity index is 847. The molecule has 0 radical (unpaired) electrons. The number of benzene rings is 2. The van der Waals surface area contributed by atoms with Gasteiger partial charge in [0.25, 0.3) is 0 Å². The van der Waals surface area contributed by atoms with Gasteiger partial charge in [0.1, 0.15) is 29.8 Å². The Morgan fingerprint density at radius 1 is 1.07 bits per heavy atom. The smallest absolute Gasteiger partial charge is 0.408 e. The van der Waals surface area contributed by atoms with Crippen LogP contribution < -0.4 is 15.4 Å². The van der Waals surface area contributed by atoms with Crippen LogP contribution in [-0.2, 0) is 22.7 Å². The first-order valence-electron chi connectivity index (χ1n) is 9.90. The van der Waals surface area contributed by atoms with Gasteiger partial charge < -0.3 is 20.1 Å². The van der Waals surface area contributed by atoms with E-state index in [1.54, 1.807) is 51.1 Å². The molecule has 0 spiro atoms. The second-order valence-electron chi connectivity index (χ2n) is 7.85. The number of amides is 2. The number of carbonyl (C=O) groups is 2. The standard InChI is InChI=1S/C23H29FN2O4/c1-5-20(26-22(28)30-23(2,3)4)21(27)25-14-16-10-12-18(13-11-16)29-15-17-8-6-7-9-19(17)24/h6-13,20H,5,14-15H2,1-4H3,(H,25,27)(H,26,28)/t20-/m0/s1. The van der Waals surface area contributed by atoms with Crippen LogP contribution in [0.4, 0.5) is 9.18 Å². The van der Waals surface area contributed by atoms with Crippen LogP contribution in [0, 0.1) is 5.82 Å². The number of carbonyl (C=O) groups excluding carboxylic acids is 2. The van der Waals surface area contributed by atoms with Crippen LogP contribution >= 0.6 is 0 Å². The lowest BCUT2D eigenvalue weighted by Crippen LogP contribution is -2.47. The normalized spacial score (nSPS) is 12.0. The Hall–Kier alpha value is -3.09. The molecule has 0 fully saturated rings. The zero-order valence-corrected chi connectivity index (χ0v) is 17.8. The molecule has 0 heterocycles. The molecule has 2 N–H and O–H groups in total. The van der Waals surface area contributed by atoms with Crippen LogP contribution in [0.1, 0.15) is 45.2 Å². The van der Waals surface area contributed by atoms with Gasteiger partial charge in [0.2, 0.25) is 5.91 Å². The lowest BCUT2D eigenvalue weighted by molar-refractivity contribution is -0.123. The van der Waals surface area contributed by atoms with E-state index in [0.717, 1.165) is 5.56 Å². The quantitative estimate of drug-likeness (QED) is 0.672. The third-order valence-corrected chi connectivity index (χ3v) is 4.16. The molecule has 0 saturated heterocycles. The summed E-state index contributed by atoms with van der Waals surface area (Å²) in [5, 5.41) is 5.38. The first-order chi connectivity index (χ1) is 14.2. The van der Waals surface area contributed by atoms with Crippen molar-refractivity contribution in [2.75, 3.05) is 0 Å². The highest BCUT2D eigenvalue weighted by Gasteiger charge is 2.22. The summed E-state index contributed by atoms with van der Waals surface area (Å²) in [5.74, 6) is 0.0110. The van der Waals surface area contributed by atoms with Crippen molar-refractivity contribution in [3.63, 3.8) is 0 Å². The topological polar surface area (TPSA) is 76.7 Å². The highest BCUT2D eigenvalue weighted by Crippen LogP contribution is 2.15. The zero-order valence-electron chi connectivity index (χ0n) is 17.8. The number of hydrogen-bond donors (Lipinski definition) is 2. The van der Waals surface area contributed by atoms with E-state index in [1.165, 1.54) is 6.07 Å². The minimum atomic E-state index is -0.678. The number of halogens is 1. The first-order valence-corrected chi connectivity index (χ1v) is 9.90. The number of ether oxygens (including phenoxy) is 2. The number of hydrogen-bond acceptors (Lipinski definition) is 4. The van der Waals surface area contributed by atoms with E-state index in [1.807, 2.05) is 19.1 Å². The molecule has 30 heavy (non-hydrogen) atoms. The minimum absolute atomic E-state index is 0.136. The largest absolute Gasteiger partial charge is 0.489 e. The van der Waals surface area contributed by atoms with Crippen LogP contribution in [-0.4, -0.2) is 23.6 Å². The molecular weight excluding hydrogens is 387 g/mol. The van der Waals surface area contributed by atoms with Gasteiger partial charge in [-0.05, 0) is 51.0 Å². The van der Waals surface area contributed by atoms with Crippen molar-refractivity contribution >= 4 is 12.0 Å². The molecule has 2 aromatic carbocycles. The van der Waals surface area contributed by atoms with Crippen LogP contribution in [0.2, 0.25) is 0 Å². The molecule has 162 valence electrons. The maximum Gasteiger partial charge on any atom is 0.408 e. The van der Waals surface area contributed by atoms with Crippen LogP contribution in [0.25, 0.3) is 0 Å². The van der Waals surface area contributed by atoms with Crippen molar-refractivity contribution in [3.8, 4) is 5.75 Å². The van der Waals surface area contributed by atoms with E-state index < -0.39 is 17.7 Å². The molecule has 6 nitrogen and oxygen atoms in total. The average molecular weight is 416 g/mol. The minimum Gasteiger partial charge on any atom is -0.489 e. The second-order valence-corrected chi connectivity index (χ2v) is 7.85. The Labute approximate surface area is 176 Å². The Morgan fingerprint density at radius 3 is 2.33 bits per heavy atom. The molecule has 2 amide bonds. The lowest BCUT2D eigenvalue weighted by atomic mass is 10.2. The highest BCUT2D eigenvalue weighted by molar-refractivity contribution is 5.85. The molecular formula is C23H29FN2O4. The monoisotopic (exact) mass is 416 g/mol. The van der Waals surface area contributed by atoms with Gasteiger partial charge in [0.15, 0.2) is 0 Å². The fourth-order valence-electron chi connectivity index (χ4n) is 2.60. The first kappa shape index (κ1) is 23.2. The maximum atomic E-state index is 13.6. The van der Waals surface area contributed by atoms with Crippen molar-refractivity contribution in [2.24, 2.45) is 0 Å². The van der Waals surface area contributed by atoms with E-state index in [9.17, 15) is 14.0 Å². The predicted molar refractivity (Wildman–Crippen MR) is 112 cm³/mol. The third-order valence-electron chi connectivity index (χ3n) is 4.16. The fraction of sp³-hybridized carbons (Fsp3) is 0.391. The Balaban J connectivity index is 1.82. The molecule has 0 aromatic heterocycles. The van der Waals surface area contributed by atoms with Crippen molar-refractivity contribution < 1.29 is 23.5 Å². The van der Waals surface area contributed by atoms with Gasteiger partial charge in [-0.2, -0.15) is 0 Å². The summed E-state index contributed by atoms with van der Waals surface area (Å²) in [6.45, 7) is 7.53. The van der Waals surface area contributed by atoms with Gasteiger partial charge in [-0.25, -0.2) is 9.18 Å². The Kier molecular flexibility index (Phi) is 8.21. The van der Waals surface area contributed by atoms with E-state index >= 15 is 0 Å². The lowest BCUT2D eigenvalue weighted by Gasteiger charge is -2.22. The summed E-state index contributed by atoms with van der Waals surface area (Å²) >= 11 is 0. The molecule has 0 unspecified atom stereocenters. The van der Waals surface area contributed by atoms with Gasteiger partial charge >= 0.3 is 6.09 Å². The van der Waals surface area contributed by atoms with Gasteiger partial charge in [0.05, 0.1) is 0 Å². The van der Waals surface area contributed by atoms with Gasteiger partial charge in [-0.3, -0.25) is 4.79 Å². The highest BCUT2D eigenvalue weighted by atomic mass is 19.1. The molecule has 7 heteroatoms. The third kappa shape index (κ3) is 7.73. The second kappa shape index (κ2) is 10.6. The molecule has 0 aliphatic carbocycles. The molecule has 2 aromatic rings. The van der Waals surface area contributed by atoms with Crippen molar-refractivity contribution in [1.82, 2.24) is 10.6 Å². The maximum absolute atomic E-state index is 13.6. The molecule has 1 atom stereocenters. The van der Waals surface area contributed by atoms with Crippen molar-refractivity contribution in [3.05, 3.63) is 65.5 Å². The van der Waals surface area contributed by atoms with Gasteiger partial charge in [-0.15, -0.1) is 0 Å². The van der Waals surface area contributed by atoms with E-state index in [4.69, 9.17) is 9.47 Å². The van der Waals surface area contributed by atoms with E-state index in [-0.39, 0.29) is 18.3 Å². The molecule has 0 aliphatic heterocycles. The number of rotatable bonds is 8. The van der Waals surface area contributed by atoms with Crippen LogP contribution in [0.3, 0.4) is 0 Å². The Morgan fingerprint density at radius 2 is 1.73 bits per heavy atom. The predicted octanol–water partition coefficient (Wildman–Crippen LogP) is 4.32. The summed E-state index contributed by atoms with van der Waals surface area (Å²) in [5.41, 5.74) is 0.722. The van der Waals surface area contributed by atoms with Crippen molar-refractivity contribution in [1.29, 1.82) is 0 Å². The number of alkyl carbamates (subject to hydrolysis) is 1. The molecule has 0 bridgehead atoms. The molecule has 2 rings (SSSR count). The fourth-order valence-corrected chi connectivity index (χ4v) is 2.60. The van der Waals surface area contributed by atoms with E-state index in [0.29, 0.717) is 24.3 Å². The SMILES string of the molecule is CC[C@H](NC(=O)OC(C)(C)C)C(=O)NCc1ccc(OCc2ccccc2F)cc1. The van der Waals surface area contributed by atoms with E-state index in [2.05, 4.69) is 10.6 Å². The molecule has 0 saturated carbocycles. The zero-order chi connectivity index (χ0) is 22.1. The summed E-state index contributed by atoms with van der Waals surface area (Å²) in [6, 6.07) is 12.9. The summed E-state index contributed by atoms with van der Waals surface area (Å²) in [6.07, 6.45) is -0.186. The summed E-state index contributed by atoms with van der Waals surface area (Å²) in [7, 11) is 0. The van der Waals surface area contributed by atoms with Crippen molar-refractivity contribution in [2.45, 2.75) is 58.9 Å². The van der Waals surface area contributed by atoms with Crippen LogP contribution in [0.15, 0.2) is 48.5 Å².